The zero-order valence-corrected chi connectivity index (χ0v) is 22.2. The van der Waals surface area contributed by atoms with Crippen LogP contribution < -0.4 is 14.8 Å². The van der Waals surface area contributed by atoms with Gasteiger partial charge >= 0.3 is 0 Å². The number of nitrogens with one attached hydrogen (secondary N) is 1. The molecule has 2 unspecified atom stereocenters. The lowest BCUT2D eigenvalue weighted by Crippen LogP contribution is -2.80. The zero-order chi connectivity index (χ0) is 26.3. The molecule has 0 spiro atoms. The smallest absolute Gasteiger partial charge is 0.246 e. The molecule has 2 aromatic rings. The third-order valence-electron chi connectivity index (χ3n) is 6.73. The molecular weight excluding hydrogens is 506 g/mol. The van der Waals surface area contributed by atoms with Gasteiger partial charge in [0.25, 0.3) is 0 Å². The minimum atomic E-state index is -4.34. The summed E-state index contributed by atoms with van der Waals surface area (Å²) in [5.41, 5.74) is 0.768. The van der Waals surface area contributed by atoms with Crippen molar-refractivity contribution >= 4 is 33.3 Å². The molecule has 2 aromatic carbocycles. The Morgan fingerprint density at radius 2 is 1.81 bits per heavy atom. The molecule has 2 fully saturated rings. The van der Waals surface area contributed by atoms with Crippen molar-refractivity contribution in [3.05, 3.63) is 53.1 Å². The van der Waals surface area contributed by atoms with E-state index in [1.165, 1.54) is 35.1 Å². The Morgan fingerprint density at radius 3 is 2.42 bits per heavy atom. The molecule has 2 amide bonds. The van der Waals surface area contributed by atoms with E-state index in [-0.39, 0.29) is 53.5 Å². The lowest BCUT2D eigenvalue weighted by Gasteiger charge is -2.56. The number of piperazine rings is 1. The van der Waals surface area contributed by atoms with Gasteiger partial charge in [-0.2, -0.15) is 0 Å². The van der Waals surface area contributed by atoms with Crippen molar-refractivity contribution in [2.75, 3.05) is 27.3 Å². The number of methoxy groups -OCH3 is 2. The fourth-order valence-electron chi connectivity index (χ4n) is 4.89. The van der Waals surface area contributed by atoms with Gasteiger partial charge in [0, 0.05) is 30.5 Å². The summed E-state index contributed by atoms with van der Waals surface area (Å²) in [6, 6.07) is 10.1. The summed E-state index contributed by atoms with van der Waals surface area (Å²) < 4.78 is 39.4. The van der Waals surface area contributed by atoms with E-state index >= 15 is 0 Å². The fourth-order valence-corrected chi connectivity index (χ4v) is 7.28. The first kappa shape index (κ1) is 26.2. The van der Waals surface area contributed by atoms with Gasteiger partial charge in [-0.05, 0) is 49.7 Å². The minimum absolute atomic E-state index is 0.0675. The van der Waals surface area contributed by atoms with Crippen LogP contribution in [0.15, 0.2) is 47.4 Å². The molecule has 4 rings (SSSR count). The van der Waals surface area contributed by atoms with Crippen LogP contribution in [0.5, 0.6) is 11.5 Å². The average Bonchev–Trinajstić information content (AvgIpc) is 2.85. The van der Waals surface area contributed by atoms with Gasteiger partial charge in [-0.15, -0.1) is 0 Å². The molecule has 11 heteroatoms. The predicted molar refractivity (Wildman–Crippen MR) is 135 cm³/mol. The third kappa shape index (κ3) is 4.31. The monoisotopic (exact) mass is 535 g/mol. The SMILES string of the molecule is COc1ccc(CC2C(=O)N(C(C)C)CC3(S(=O)(=O)c4cc(Cl)ccc4OC)NCCC(=O)N23)cc1. The van der Waals surface area contributed by atoms with Crippen molar-refractivity contribution in [2.24, 2.45) is 0 Å². The lowest BCUT2D eigenvalue weighted by molar-refractivity contribution is -0.165. The van der Waals surface area contributed by atoms with Crippen molar-refractivity contribution in [3.8, 4) is 11.5 Å². The van der Waals surface area contributed by atoms with E-state index < -0.39 is 26.8 Å². The van der Waals surface area contributed by atoms with Crippen LogP contribution in [0.4, 0.5) is 0 Å². The molecule has 0 aromatic heterocycles. The number of carbonyl (C=O) groups is 2. The predicted octanol–water partition coefficient (Wildman–Crippen LogP) is 2.47. The summed E-state index contributed by atoms with van der Waals surface area (Å²) in [5, 5.41) is 3.33. The second-order valence-corrected chi connectivity index (χ2v) is 11.7. The molecule has 0 saturated carbocycles. The van der Waals surface area contributed by atoms with E-state index in [9.17, 15) is 18.0 Å². The number of amides is 2. The Hall–Kier alpha value is -2.82. The summed E-state index contributed by atoms with van der Waals surface area (Å²) in [6.45, 7) is 3.56. The van der Waals surface area contributed by atoms with Crippen LogP contribution in [0.25, 0.3) is 0 Å². The number of rotatable bonds is 7. The molecule has 2 saturated heterocycles. The van der Waals surface area contributed by atoms with Crippen molar-refractivity contribution < 1.29 is 27.5 Å². The molecule has 194 valence electrons. The van der Waals surface area contributed by atoms with Gasteiger partial charge in [-0.1, -0.05) is 23.7 Å². The van der Waals surface area contributed by atoms with Crippen LogP contribution in [0.3, 0.4) is 0 Å². The summed E-state index contributed by atoms with van der Waals surface area (Å²) >= 11 is 6.19. The highest BCUT2D eigenvalue weighted by Crippen LogP contribution is 2.41. The van der Waals surface area contributed by atoms with Crippen LogP contribution >= 0.6 is 11.6 Å². The van der Waals surface area contributed by atoms with Crippen LogP contribution in [-0.2, 0) is 25.8 Å². The van der Waals surface area contributed by atoms with Gasteiger partial charge in [0.15, 0.2) is 0 Å². The maximum absolute atomic E-state index is 14.4. The van der Waals surface area contributed by atoms with Crippen molar-refractivity contribution in [2.45, 2.75) is 48.7 Å². The maximum atomic E-state index is 14.4. The molecule has 2 heterocycles. The first-order valence-electron chi connectivity index (χ1n) is 11.6. The standard InChI is InChI=1S/C25H30ClN3O6S/c1-16(2)28-15-25(36(32,33)22-14-18(26)7-10-21(22)35-4)27-12-11-23(30)29(25)20(24(28)31)13-17-5-8-19(34-3)9-6-17/h5-10,14,16,20,27H,11-13,15H2,1-4H3. The normalized spacial score (nSPS) is 22.6. The van der Waals surface area contributed by atoms with Gasteiger partial charge in [-0.3, -0.25) is 19.8 Å². The highest BCUT2D eigenvalue weighted by Gasteiger charge is 2.62. The topological polar surface area (TPSA) is 105 Å². The first-order chi connectivity index (χ1) is 17.1. The van der Waals surface area contributed by atoms with Crippen LogP contribution in [0.2, 0.25) is 5.02 Å². The highest BCUT2D eigenvalue weighted by atomic mass is 35.5. The van der Waals surface area contributed by atoms with E-state index in [1.807, 2.05) is 13.8 Å². The molecular formula is C25H30ClN3O6S. The van der Waals surface area contributed by atoms with E-state index in [2.05, 4.69) is 5.32 Å². The Kier molecular flexibility index (Phi) is 7.23. The number of benzene rings is 2. The molecule has 2 aliphatic rings. The zero-order valence-electron chi connectivity index (χ0n) is 20.7. The summed E-state index contributed by atoms with van der Waals surface area (Å²) in [6.07, 6.45) is 0.210. The van der Waals surface area contributed by atoms with E-state index in [4.69, 9.17) is 21.1 Å². The van der Waals surface area contributed by atoms with Crippen LogP contribution in [0, 0.1) is 0 Å². The largest absolute Gasteiger partial charge is 0.497 e. The van der Waals surface area contributed by atoms with Gasteiger partial charge in [0.05, 0.1) is 20.8 Å². The molecule has 0 radical (unpaired) electrons. The third-order valence-corrected chi connectivity index (χ3v) is 9.23. The highest BCUT2D eigenvalue weighted by molar-refractivity contribution is 7.93. The van der Waals surface area contributed by atoms with Gasteiger partial charge in [0.1, 0.15) is 22.4 Å². The summed E-state index contributed by atoms with van der Waals surface area (Å²) in [5.74, 6) is 0.0433. The number of sulfone groups is 1. The number of fused-ring (bicyclic) bond motifs is 1. The van der Waals surface area contributed by atoms with E-state index in [1.54, 1.807) is 31.4 Å². The number of halogens is 1. The Balaban J connectivity index is 1.90. The van der Waals surface area contributed by atoms with Crippen molar-refractivity contribution in [1.29, 1.82) is 0 Å². The molecule has 2 atom stereocenters. The molecule has 0 bridgehead atoms. The van der Waals surface area contributed by atoms with Gasteiger partial charge in [-0.25, -0.2) is 8.42 Å². The summed E-state index contributed by atoms with van der Waals surface area (Å²) in [7, 11) is -1.41. The number of hydrogen-bond acceptors (Lipinski definition) is 7. The average molecular weight is 536 g/mol. The fraction of sp³-hybridized carbons (Fsp3) is 0.440. The number of ether oxygens (including phenoxy) is 2. The number of carbonyl (C=O) groups excluding carboxylic acids is 2. The number of nitrogens with zero attached hydrogens (tertiary/aromatic N) is 2. The van der Waals surface area contributed by atoms with Gasteiger partial charge in [0.2, 0.25) is 26.6 Å². The quantitative estimate of drug-likeness (QED) is 0.580. The van der Waals surface area contributed by atoms with Crippen LogP contribution in [-0.4, -0.2) is 74.4 Å². The Labute approximate surface area is 216 Å². The van der Waals surface area contributed by atoms with Gasteiger partial charge < -0.3 is 14.4 Å². The molecule has 9 nitrogen and oxygen atoms in total. The molecule has 36 heavy (non-hydrogen) atoms. The first-order valence-corrected chi connectivity index (χ1v) is 13.5. The maximum Gasteiger partial charge on any atom is 0.246 e. The van der Waals surface area contributed by atoms with E-state index in [0.29, 0.717) is 5.75 Å². The molecule has 1 N–H and O–H groups in total. The second kappa shape index (κ2) is 9.91. The molecule has 0 aliphatic carbocycles. The van der Waals surface area contributed by atoms with E-state index in [0.717, 1.165) is 5.56 Å². The molecule has 2 aliphatic heterocycles. The second-order valence-electron chi connectivity index (χ2n) is 9.15. The van der Waals surface area contributed by atoms with Crippen molar-refractivity contribution in [3.63, 3.8) is 0 Å². The Bertz CT molecular complexity index is 1270. The summed E-state index contributed by atoms with van der Waals surface area (Å²) in [4.78, 5) is 27.9. The Morgan fingerprint density at radius 1 is 1.11 bits per heavy atom. The number of hydrogen-bond donors (Lipinski definition) is 1. The lowest BCUT2D eigenvalue weighted by atomic mass is 9.97. The van der Waals surface area contributed by atoms with Crippen LogP contribution in [0.1, 0.15) is 25.8 Å². The minimum Gasteiger partial charge on any atom is -0.497 e. The van der Waals surface area contributed by atoms with Crippen molar-refractivity contribution in [1.82, 2.24) is 15.1 Å².